The van der Waals surface area contributed by atoms with Crippen molar-refractivity contribution in [3.63, 3.8) is 0 Å². The Morgan fingerprint density at radius 2 is 2.05 bits per heavy atom. The largest absolute Gasteiger partial charge is 0.391 e. The molecule has 1 amide bonds. The van der Waals surface area contributed by atoms with Gasteiger partial charge in [-0.05, 0) is 51.5 Å². The van der Waals surface area contributed by atoms with Crippen LogP contribution in [0.4, 0.5) is 5.69 Å². The van der Waals surface area contributed by atoms with Crippen molar-refractivity contribution in [2.75, 3.05) is 24.5 Å². The summed E-state index contributed by atoms with van der Waals surface area (Å²) < 4.78 is 0. The molecule has 0 spiro atoms. The number of nitrogens with zero attached hydrogens (tertiary/aromatic N) is 2. The predicted octanol–water partition coefficient (Wildman–Crippen LogP) is 2.13. The lowest BCUT2D eigenvalue weighted by atomic mass is 10.1. The molecule has 1 aromatic carbocycles. The van der Waals surface area contributed by atoms with Crippen molar-refractivity contribution in [2.24, 2.45) is 0 Å². The lowest BCUT2D eigenvalue weighted by Crippen LogP contribution is -2.31. The van der Waals surface area contributed by atoms with E-state index in [0.29, 0.717) is 31.1 Å². The zero-order valence-corrected chi connectivity index (χ0v) is 12.5. The average Bonchev–Trinajstić information content (AvgIpc) is 2.86. The van der Waals surface area contributed by atoms with Crippen LogP contribution in [0.25, 0.3) is 0 Å². The van der Waals surface area contributed by atoms with Gasteiger partial charge in [0.2, 0.25) is 0 Å². The van der Waals surface area contributed by atoms with E-state index < -0.39 is 0 Å². The summed E-state index contributed by atoms with van der Waals surface area (Å²) in [5.41, 5.74) is 1.84. The molecule has 1 atom stereocenters. The molecule has 1 heterocycles. The molecule has 0 radical (unpaired) electrons. The molecule has 0 aliphatic carbocycles. The fourth-order valence-corrected chi connectivity index (χ4v) is 2.75. The first-order valence-electron chi connectivity index (χ1n) is 7.37. The standard InChI is InChI=1S/C16H24N2O2/c1-4-18(12(2)3)14-7-5-13(6-8-14)16(20)17-10-9-15(19)11-17/h5-8,12,15,19H,4,9-11H2,1-3H3/t15-/m1/s1. The topological polar surface area (TPSA) is 43.8 Å². The van der Waals surface area contributed by atoms with Gasteiger partial charge in [0, 0.05) is 36.9 Å². The smallest absolute Gasteiger partial charge is 0.253 e. The Morgan fingerprint density at radius 3 is 2.50 bits per heavy atom. The minimum atomic E-state index is -0.366. The molecule has 1 aliphatic heterocycles. The van der Waals surface area contributed by atoms with Gasteiger partial charge in [-0.1, -0.05) is 0 Å². The third-order valence-electron chi connectivity index (χ3n) is 3.86. The third kappa shape index (κ3) is 3.12. The van der Waals surface area contributed by atoms with Crippen molar-refractivity contribution in [1.82, 2.24) is 4.90 Å². The zero-order chi connectivity index (χ0) is 14.7. The second kappa shape index (κ2) is 6.27. The van der Waals surface area contributed by atoms with Gasteiger partial charge in [0.1, 0.15) is 0 Å². The molecular weight excluding hydrogens is 252 g/mol. The van der Waals surface area contributed by atoms with Gasteiger partial charge in [-0.3, -0.25) is 4.79 Å². The van der Waals surface area contributed by atoms with Crippen LogP contribution in [-0.2, 0) is 0 Å². The summed E-state index contributed by atoms with van der Waals surface area (Å²) in [7, 11) is 0. The molecule has 4 heteroatoms. The zero-order valence-electron chi connectivity index (χ0n) is 12.5. The average molecular weight is 276 g/mol. The summed E-state index contributed by atoms with van der Waals surface area (Å²) in [6.07, 6.45) is 0.315. The van der Waals surface area contributed by atoms with Crippen molar-refractivity contribution in [1.29, 1.82) is 0 Å². The van der Waals surface area contributed by atoms with Gasteiger partial charge in [-0.15, -0.1) is 0 Å². The maximum Gasteiger partial charge on any atom is 0.253 e. The monoisotopic (exact) mass is 276 g/mol. The molecule has 0 aromatic heterocycles. The number of hydrogen-bond acceptors (Lipinski definition) is 3. The molecule has 20 heavy (non-hydrogen) atoms. The molecule has 1 aliphatic rings. The molecule has 4 nitrogen and oxygen atoms in total. The Kier molecular flexibility index (Phi) is 4.65. The van der Waals surface area contributed by atoms with Crippen molar-refractivity contribution in [3.8, 4) is 0 Å². The van der Waals surface area contributed by atoms with Gasteiger partial charge in [-0.25, -0.2) is 0 Å². The number of benzene rings is 1. The number of amides is 1. The van der Waals surface area contributed by atoms with Gasteiger partial charge >= 0.3 is 0 Å². The molecule has 0 unspecified atom stereocenters. The number of hydrogen-bond donors (Lipinski definition) is 1. The minimum absolute atomic E-state index is 0.0145. The summed E-state index contributed by atoms with van der Waals surface area (Å²) in [4.78, 5) is 16.3. The molecule has 0 bridgehead atoms. The fourth-order valence-electron chi connectivity index (χ4n) is 2.75. The highest BCUT2D eigenvalue weighted by Crippen LogP contribution is 2.19. The number of anilines is 1. The van der Waals surface area contributed by atoms with Gasteiger partial charge < -0.3 is 14.9 Å². The highest BCUT2D eigenvalue weighted by atomic mass is 16.3. The maximum absolute atomic E-state index is 12.3. The van der Waals surface area contributed by atoms with E-state index in [-0.39, 0.29) is 12.0 Å². The van der Waals surface area contributed by atoms with Crippen LogP contribution in [0.1, 0.15) is 37.6 Å². The van der Waals surface area contributed by atoms with E-state index in [4.69, 9.17) is 0 Å². The molecule has 1 fully saturated rings. The summed E-state index contributed by atoms with van der Waals surface area (Å²) in [5.74, 6) is 0.0145. The Balaban J connectivity index is 2.10. The Morgan fingerprint density at radius 1 is 1.40 bits per heavy atom. The van der Waals surface area contributed by atoms with E-state index in [9.17, 15) is 9.90 Å². The lowest BCUT2D eigenvalue weighted by molar-refractivity contribution is 0.0765. The van der Waals surface area contributed by atoms with Crippen LogP contribution < -0.4 is 4.90 Å². The van der Waals surface area contributed by atoms with Crippen molar-refractivity contribution in [2.45, 2.75) is 39.3 Å². The number of aliphatic hydroxyl groups is 1. The second-order valence-corrected chi connectivity index (χ2v) is 5.62. The van der Waals surface area contributed by atoms with Gasteiger partial charge in [0.15, 0.2) is 0 Å². The van der Waals surface area contributed by atoms with E-state index >= 15 is 0 Å². The maximum atomic E-state index is 12.3. The molecule has 1 saturated heterocycles. The highest BCUT2D eigenvalue weighted by Gasteiger charge is 2.25. The van der Waals surface area contributed by atoms with E-state index in [1.165, 1.54) is 0 Å². The Labute approximate surface area is 121 Å². The van der Waals surface area contributed by atoms with Crippen molar-refractivity contribution >= 4 is 11.6 Å². The van der Waals surface area contributed by atoms with E-state index in [1.54, 1.807) is 4.90 Å². The van der Waals surface area contributed by atoms with Crippen LogP contribution in [0, 0.1) is 0 Å². The van der Waals surface area contributed by atoms with Crippen LogP contribution in [0.15, 0.2) is 24.3 Å². The molecular formula is C16H24N2O2. The van der Waals surface area contributed by atoms with Gasteiger partial charge in [0.25, 0.3) is 5.91 Å². The number of carbonyl (C=O) groups excluding carboxylic acids is 1. The summed E-state index contributed by atoms with van der Waals surface area (Å²) in [5, 5.41) is 9.50. The van der Waals surface area contributed by atoms with E-state index in [1.807, 2.05) is 24.3 Å². The first kappa shape index (κ1) is 14.9. The van der Waals surface area contributed by atoms with Crippen molar-refractivity contribution in [3.05, 3.63) is 29.8 Å². The normalized spacial score (nSPS) is 18.6. The summed E-state index contributed by atoms with van der Waals surface area (Å²) in [6, 6.07) is 8.21. The number of β-amino-alcohol motifs (C(OH)–C–C–N with tert-alkyl or cyclic N) is 1. The van der Waals surface area contributed by atoms with Gasteiger partial charge in [0.05, 0.1) is 6.10 Å². The summed E-state index contributed by atoms with van der Waals surface area (Å²) >= 11 is 0. The molecule has 1 N–H and O–H groups in total. The Hall–Kier alpha value is -1.55. The van der Waals surface area contributed by atoms with Gasteiger partial charge in [-0.2, -0.15) is 0 Å². The lowest BCUT2D eigenvalue weighted by Gasteiger charge is -2.27. The Bertz CT molecular complexity index is 456. The van der Waals surface area contributed by atoms with Crippen molar-refractivity contribution < 1.29 is 9.90 Å². The van der Waals surface area contributed by atoms with E-state index in [0.717, 1.165) is 12.2 Å². The van der Waals surface area contributed by atoms with Crippen LogP contribution >= 0.6 is 0 Å². The highest BCUT2D eigenvalue weighted by molar-refractivity contribution is 5.94. The number of carbonyl (C=O) groups is 1. The quantitative estimate of drug-likeness (QED) is 0.916. The predicted molar refractivity (Wildman–Crippen MR) is 81.1 cm³/mol. The van der Waals surface area contributed by atoms with E-state index in [2.05, 4.69) is 25.7 Å². The first-order chi connectivity index (χ1) is 9.52. The second-order valence-electron chi connectivity index (χ2n) is 5.62. The molecule has 0 saturated carbocycles. The first-order valence-corrected chi connectivity index (χ1v) is 7.37. The fraction of sp³-hybridized carbons (Fsp3) is 0.562. The van der Waals surface area contributed by atoms with Crippen LogP contribution in [0.5, 0.6) is 0 Å². The SMILES string of the molecule is CCN(c1ccc(C(=O)N2CC[C@@H](O)C2)cc1)C(C)C. The van der Waals surface area contributed by atoms with Crippen LogP contribution in [0.3, 0.4) is 0 Å². The third-order valence-corrected chi connectivity index (χ3v) is 3.86. The molecule has 2 rings (SSSR count). The van der Waals surface area contributed by atoms with Crippen LogP contribution in [-0.4, -0.2) is 47.7 Å². The minimum Gasteiger partial charge on any atom is -0.391 e. The van der Waals surface area contributed by atoms with Crippen LogP contribution in [0.2, 0.25) is 0 Å². The number of aliphatic hydroxyl groups excluding tert-OH is 1. The molecule has 110 valence electrons. The number of rotatable bonds is 4. The number of likely N-dealkylation sites (tertiary alicyclic amines) is 1. The molecule has 1 aromatic rings. The summed E-state index contributed by atoms with van der Waals surface area (Å²) in [6.45, 7) is 8.50.